The summed E-state index contributed by atoms with van der Waals surface area (Å²) < 4.78 is 10.7. The number of carbonyl (C=O) groups excluding carboxylic acids is 2. The molecule has 3 aromatic rings. The zero-order valence-corrected chi connectivity index (χ0v) is 19.3. The van der Waals surface area contributed by atoms with Gasteiger partial charge in [0.05, 0.1) is 18.2 Å². The Hall–Kier alpha value is -4.13. The van der Waals surface area contributed by atoms with Gasteiger partial charge in [0, 0.05) is 12.1 Å². The normalized spacial score (nSPS) is 10.6. The second-order valence-electron chi connectivity index (χ2n) is 8.18. The number of carboxylic acids is 1. The molecule has 0 aliphatic carbocycles. The van der Waals surface area contributed by atoms with Gasteiger partial charge in [-0.3, -0.25) is 4.79 Å². The van der Waals surface area contributed by atoms with Gasteiger partial charge in [-0.1, -0.05) is 50.2 Å². The first kappa shape index (κ1) is 24.5. The highest BCUT2D eigenvalue weighted by atomic mass is 16.5. The number of carbonyl (C=O) groups is 3. The fraction of sp³-hybridized carbons (Fsp3) is 0.222. The van der Waals surface area contributed by atoms with Gasteiger partial charge in [-0.25, -0.2) is 9.59 Å². The molecule has 0 atom stereocenters. The van der Waals surface area contributed by atoms with E-state index in [1.165, 1.54) is 19.2 Å². The highest BCUT2D eigenvalue weighted by Crippen LogP contribution is 2.32. The first-order valence-corrected chi connectivity index (χ1v) is 10.8. The summed E-state index contributed by atoms with van der Waals surface area (Å²) in [5.74, 6) is -1.41. The van der Waals surface area contributed by atoms with Crippen LogP contribution >= 0.6 is 0 Å². The number of rotatable bonds is 9. The Morgan fingerprint density at radius 2 is 1.59 bits per heavy atom. The third-order valence-electron chi connectivity index (χ3n) is 5.06. The van der Waals surface area contributed by atoms with Crippen LogP contribution in [0.3, 0.4) is 0 Å². The van der Waals surface area contributed by atoms with Crippen LogP contribution in [0.15, 0.2) is 66.7 Å². The van der Waals surface area contributed by atoms with Crippen molar-refractivity contribution < 1.29 is 29.0 Å². The predicted octanol–water partition coefficient (Wildman–Crippen LogP) is 5.40. The summed E-state index contributed by atoms with van der Waals surface area (Å²) in [4.78, 5) is 36.7. The Bertz CT molecular complexity index is 1190. The summed E-state index contributed by atoms with van der Waals surface area (Å²) in [6.07, 6.45) is 0.336. The van der Waals surface area contributed by atoms with E-state index in [-0.39, 0.29) is 29.6 Å². The summed E-state index contributed by atoms with van der Waals surface area (Å²) in [5.41, 5.74) is 2.21. The fourth-order valence-corrected chi connectivity index (χ4v) is 3.48. The lowest BCUT2D eigenvalue weighted by molar-refractivity contribution is -0.116. The van der Waals surface area contributed by atoms with Gasteiger partial charge in [0.2, 0.25) is 5.91 Å². The lowest BCUT2D eigenvalue weighted by atomic mass is 9.94. The maximum atomic E-state index is 12.5. The van der Waals surface area contributed by atoms with Crippen LogP contribution in [0, 0.1) is 5.92 Å². The van der Waals surface area contributed by atoms with Crippen LogP contribution in [0.5, 0.6) is 5.75 Å². The lowest BCUT2D eigenvalue weighted by Crippen LogP contribution is -2.15. The molecule has 0 aliphatic heterocycles. The molecule has 0 fully saturated rings. The van der Waals surface area contributed by atoms with Crippen LogP contribution in [0.4, 0.5) is 5.69 Å². The van der Waals surface area contributed by atoms with Gasteiger partial charge in [0.25, 0.3) is 0 Å². The quantitative estimate of drug-likeness (QED) is 0.414. The molecule has 176 valence electrons. The van der Waals surface area contributed by atoms with Crippen molar-refractivity contribution in [3.05, 3.63) is 83.4 Å². The number of esters is 1. The molecule has 34 heavy (non-hydrogen) atoms. The van der Waals surface area contributed by atoms with Gasteiger partial charge in [-0.2, -0.15) is 0 Å². The standard InChI is InChI=1S/C27H27NO6/c1-17(2)13-25(29)28-19-9-11-22(24(14-19)27(32)33-3)21-12-10-20(15-23(21)26(30)31)34-16-18-7-5-4-6-8-18/h4-12,14-15,17H,13,16H2,1-3H3,(H,28,29)(H,30,31). The van der Waals surface area contributed by atoms with Crippen molar-refractivity contribution >= 4 is 23.5 Å². The number of benzene rings is 3. The van der Waals surface area contributed by atoms with Crippen molar-refractivity contribution in [2.24, 2.45) is 5.92 Å². The summed E-state index contributed by atoms with van der Waals surface area (Å²) in [6.45, 7) is 4.16. The molecular weight excluding hydrogens is 434 g/mol. The van der Waals surface area contributed by atoms with Gasteiger partial charge in [0.1, 0.15) is 12.4 Å². The first-order valence-electron chi connectivity index (χ1n) is 10.8. The Morgan fingerprint density at radius 3 is 2.24 bits per heavy atom. The topological polar surface area (TPSA) is 102 Å². The van der Waals surface area contributed by atoms with Crippen molar-refractivity contribution in [2.45, 2.75) is 26.9 Å². The van der Waals surface area contributed by atoms with Gasteiger partial charge >= 0.3 is 11.9 Å². The summed E-state index contributed by atoms with van der Waals surface area (Å²) >= 11 is 0. The Morgan fingerprint density at radius 1 is 0.912 bits per heavy atom. The fourth-order valence-electron chi connectivity index (χ4n) is 3.48. The van der Waals surface area contributed by atoms with Crippen LogP contribution in [-0.2, 0) is 16.1 Å². The predicted molar refractivity (Wildman–Crippen MR) is 129 cm³/mol. The van der Waals surface area contributed by atoms with E-state index in [2.05, 4.69) is 5.32 Å². The molecule has 0 heterocycles. The summed E-state index contributed by atoms with van der Waals surface area (Å²) in [7, 11) is 1.24. The van der Waals surface area contributed by atoms with Crippen molar-refractivity contribution in [3.8, 4) is 16.9 Å². The van der Waals surface area contributed by atoms with E-state index in [9.17, 15) is 19.5 Å². The van der Waals surface area contributed by atoms with Gasteiger partial charge < -0.3 is 19.9 Å². The first-order chi connectivity index (χ1) is 16.3. The van der Waals surface area contributed by atoms with Crippen molar-refractivity contribution in [1.82, 2.24) is 0 Å². The number of nitrogens with one attached hydrogen (secondary N) is 1. The second-order valence-corrected chi connectivity index (χ2v) is 8.18. The molecule has 0 saturated heterocycles. The highest BCUT2D eigenvalue weighted by Gasteiger charge is 2.21. The largest absolute Gasteiger partial charge is 0.489 e. The van der Waals surface area contributed by atoms with Crippen LogP contribution in [0.2, 0.25) is 0 Å². The third-order valence-corrected chi connectivity index (χ3v) is 5.06. The molecule has 0 bridgehead atoms. The average Bonchev–Trinajstić information content (AvgIpc) is 2.82. The van der Waals surface area contributed by atoms with Gasteiger partial charge in [-0.05, 0) is 52.9 Å². The molecule has 2 N–H and O–H groups in total. The highest BCUT2D eigenvalue weighted by molar-refractivity contribution is 6.04. The minimum Gasteiger partial charge on any atom is -0.489 e. The van der Waals surface area contributed by atoms with Gasteiger partial charge in [-0.15, -0.1) is 0 Å². The number of ether oxygens (including phenoxy) is 2. The summed E-state index contributed by atoms with van der Waals surface area (Å²) in [5, 5.41) is 12.6. The van der Waals surface area contributed by atoms with Crippen LogP contribution in [0.1, 0.15) is 46.5 Å². The van der Waals surface area contributed by atoms with E-state index in [1.54, 1.807) is 24.3 Å². The number of carboxylic acid groups (broad SMARTS) is 1. The SMILES string of the molecule is COC(=O)c1cc(NC(=O)CC(C)C)ccc1-c1ccc(OCc2ccccc2)cc1C(=O)O. The van der Waals surface area contributed by atoms with Gasteiger partial charge in [0.15, 0.2) is 0 Å². The number of hydrogen-bond acceptors (Lipinski definition) is 5. The molecule has 0 saturated carbocycles. The number of hydrogen-bond donors (Lipinski definition) is 2. The summed E-state index contributed by atoms with van der Waals surface area (Å²) in [6, 6.07) is 18.9. The molecule has 3 rings (SSSR count). The van der Waals surface area contributed by atoms with E-state index in [4.69, 9.17) is 9.47 Å². The van der Waals surface area contributed by atoms with E-state index in [0.717, 1.165) is 5.56 Å². The maximum Gasteiger partial charge on any atom is 0.338 e. The molecule has 0 spiro atoms. The van der Waals surface area contributed by atoms with Crippen LogP contribution in [0.25, 0.3) is 11.1 Å². The average molecular weight is 462 g/mol. The number of aromatic carboxylic acids is 1. The molecule has 0 radical (unpaired) electrons. The minimum atomic E-state index is -1.16. The Kier molecular flexibility index (Phi) is 8.03. The number of anilines is 1. The van der Waals surface area contributed by atoms with Crippen molar-refractivity contribution in [2.75, 3.05) is 12.4 Å². The van der Waals surface area contributed by atoms with E-state index in [1.807, 2.05) is 44.2 Å². The smallest absolute Gasteiger partial charge is 0.338 e. The molecule has 0 aliphatic rings. The zero-order valence-electron chi connectivity index (χ0n) is 19.3. The maximum absolute atomic E-state index is 12.5. The number of amides is 1. The van der Waals surface area contributed by atoms with E-state index >= 15 is 0 Å². The monoisotopic (exact) mass is 461 g/mol. The van der Waals surface area contributed by atoms with Crippen LogP contribution < -0.4 is 10.1 Å². The second kappa shape index (κ2) is 11.1. The molecule has 3 aromatic carbocycles. The van der Waals surface area contributed by atoms with Crippen molar-refractivity contribution in [1.29, 1.82) is 0 Å². The molecule has 0 aromatic heterocycles. The number of methoxy groups -OCH3 is 1. The lowest BCUT2D eigenvalue weighted by Gasteiger charge is -2.15. The third kappa shape index (κ3) is 6.22. The molecule has 7 nitrogen and oxygen atoms in total. The minimum absolute atomic E-state index is 0.0210. The zero-order chi connectivity index (χ0) is 24.7. The molecule has 7 heteroatoms. The van der Waals surface area contributed by atoms with Crippen molar-refractivity contribution in [3.63, 3.8) is 0 Å². The van der Waals surface area contributed by atoms with E-state index < -0.39 is 11.9 Å². The molecule has 1 amide bonds. The molecule has 0 unspecified atom stereocenters. The Balaban J connectivity index is 1.95. The van der Waals surface area contributed by atoms with E-state index in [0.29, 0.717) is 29.0 Å². The Labute approximate surface area is 198 Å². The molecular formula is C27H27NO6. The van der Waals surface area contributed by atoms with Crippen LogP contribution in [-0.4, -0.2) is 30.1 Å².